The molecule has 1 amide bonds. The van der Waals surface area contributed by atoms with Crippen molar-refractivity contribution in [1.29, 1.82) is 0 Å². The average Bonchev–Trinajstić information content (AvgIpc) is 2.97. The highest BCUT2D eigenvalue weighted by molar-refractivity contribution is 6.08. The number of esters is 1. The molecule has 1 aromatic carbocycles. The third-order valence-electron chi connectivity index (χ3n) is 4.12. The van der Waals surface area contributed by atoms with E-state index in [1.807, 2.05) is 0 Å². The fourth-order valence-electron chi connectivity index (χ4n) is 2.84. The number of carbonyl (C=O) groups is 2. The molecular weight excluding hydrogens is 346 g/mol. The summed E-state index contributed by atoms with van der Waals surface area (Å²) in [5, 5.41) is 0. The number of amides is 1. The lowest BCUT2D eigenvalue weighted by Crippen LogP contribution is -2.32. The number of hydrogen-bond acceptors (Lipinski definition) is 4. The smallest absolute Gasteiger partial charge is 0.318 e. The summed E-state index contributed by atoms with van der Waals surface area (Å²) < 4.78 is 33.1. The summed E-state index contributed by atoms with van der Waals surface area (Å²) in [5.74, 6) is -3.89. The van der Waals surface area contributed by atoms with E-state index in [1.165, 1.54) is 15.5 Å². The van der Waals surface area contributed by atoms with E-state index >= 15 is 0 Å². The predicted octanol–water partition coefficient (Wildman–Crippen LogP) is 1.72. The zero-order valence-electron chi connectivity index (χ0n) is 13.7. The minimum absolute atomic E-state index is 0.0544. The quantitative estimate of drug-likeness (QED) is 0.600. The Bertz CT molecular complexity index is 877. The third-order valence-corrected chi connectivity index (χ3v) is 4.12. The highest BCUT2D eigenvalue weighted by Crippen LogP contribution is 2.27. The molecule has 0 saturated carbocycles. The molecule has 1 unspecified atom stereocenters. The van der Waals surface area contributed by atoms with E-state index in [0.29, 0.717) is 6.07 Å². The Hall–Kier alpha value is -3.03. The third kappa shape index (κ3) is 3.79. The predicted molar refractivity (Wildman–Crippen MR) is 88.5 cm³/mol. The van der Waals surface area contributed by atoms with E-state index in [4.69, 9.17) is 4.74 Å². The van der Waals surface area contributed by atoms with Crippen LogP contribution in [-0.4, -0.2) is 29.6 Å². The van der Waals surface area contributed by atoms with E-state index in [-0.39, 0.29) is 37.4 Å². The number of carbonyl (C=O) groups excluding carboxylic acids is 2. The molecule has 1 saturated heterocycles. The lowest BCUT2D eigenvalue weighted by molar-refractivity contribution is -0.151. The van der Waals surface area contributed by atoms with Gasteiger partial charge in [-0.1, -0.05) is 6.07 Å². The van der Waals surface area contributed by atoms with Crippen molar-refractivity contribution in [2.24, 2.45) is 5.92 Å². The molecule has 0 bridgehead atoms. The first-order chi connectivity index (χ1) is 12.5. The molecule has 0 spiro atoms. The van der Waals surface area contributed by atoms with Gasteiger partial charge in [0.15, 0.2) is 0 Å². The molecule has 1 aliphatic heterocycles. The van der Waals surface area contributed by atoms with Crippen LogP contribution in [0, 0.1) is 17.6 Å². The number of rotatable bonds is 5. The summed E-state index contributed by atoms with van der Waals surface area (Å²) in [6.45, 7) is 0.284. The lowest BCUT2D eigenvalue weighted by Gasteiger charge is -2.17. The SMILES string of the molecule is O=C(OCCn1ccccc1=O)C1CCN(c2cc(F)cc(F)c2)C1=O. The van der Waals surface area contributed by atoms with Crippen molar-refractivity contribution in [3.63, 3.8) is 0 Å². The summed E-state index contributed by atoms with van der Waals surface area (Å²) in [4.78, 5) is 37.2. The Labute approximate surface area is 147 Å². The van der Waals surface area contributed by atoms with Gasteiger partial charge in [0.1, 0.15) is 24.2 Å². The molecule has 2 heterocycles. The number of anilines is 1. The molecule has 1 atom stereocenters. The van der Waals surface area contributed by atoms with E-state index < -0.39 is 29.4 Å². The van der Waals surface area contributed by atoms with E-state index in [9.17, 15) is 23.2 Å². The maximum absolute atomic E-state index is 13.3. The van der Waals surface area contributed by atoms with Gasteiger partial charge in [-0.05, 0) is 24.6 Å². The number of nitrogens with zero attached hydrogens (tertiary/aromatic N) is 2. The fourth-order valence-corrected chi connectivity index (χ4v) is 2.84. The van der Waals surface area contributed by atoms with E-state index in [1.54, 1.807) is 18.3 Å². The zero-order valence-corrected chi connectivity index (χ0v) is 13.7. The molecule has 3 rings (SSSR count). The number of hydrogen-bond donors (Lipinski definition) is 0. The van der Waals surface area contributed by atoms with Crippen LogP contribution in [0.4, 0.5) is 14.5 Å². The Morgan fingerprint density at radius 2 is 1.88 bits per heavy atom. The second kappa shape index (κ2) is 7.47. The van der Waals surface area contributed by atoms with Crippen LogP contribution in [0.15, 0.2) is 47.4 Å². The topological polar surface area (TPSA) is 68.6 Å². The minimum Gasteiger partial charge on any atom is -0.463 e. The van der Waals surface area contributed by atoms with Crippen LogP contribution in [0.2, 0.25) is 0 Å². The second-order valence-electron chi connectivity index (χ2n) is 5.86. The number of benzene rings is 1. The van der Waals surface area contributed by atoms with Crippen LogP contribution < -0.4 is 10.5 Å². The van der Waals surface area contributed by atoms with E-state index in [0.717, 1.165) is 12.1 Å². The molecule has 136 valence electrons. The Balaban J connectivity index is 1.60. The van der Waals surface area contributed by atoms with Crippen molar-refractivity contribution in [3.8, 4) is 0 Å². The van der Waals surface area contributed by atoms with Crippen LogP contribution in [0.1, 0.15) is 6.42 Å². The van der Waals surface area contributed by atoms with Gasteiger partial charge < -0.3 is 14.2 Å². The van der Waals surface area contributed by atoms with Gasteiger partial charge >= 0.3 is 5.97 Å². The molecule has 1 aromatic heterocycles. The molecule has 1 fully saturated rings. The van der Waals surface area contributed by atoms with Gasteiger partial charge in [-0.25, -0.2) is 8.78 Å². The van der Waals surface area contributed by atoms with Crippen LogP contribution in [0.5, 0.6) is 0 Å². The van der Waals surface area contributed by atoms with Gasteiger partial charge in [-0.3, -0.25) is 14.4 Å². The highest BCUT2D eigenvalue weighted by atomic mass is 19.1. The normalized spacial score (nSPS) is 16.8. The van der Waals surface area contributed by atoms with Crippen LogP contribution in [0.3, 0.4) is 0 Å². The molecular formula is C18H16F2N2O4. The largest absolute Gasteiger partial charge is 0.463 e. The Morgan fingerprint density at radius 3 is 2.58 bits per heavy atom. The van der Waals surface area contributed by atoms with Crippen molar-refractivity contribution in [2.45, 2.75) is 13.0 Å². The van der Waals surface area contributed by atoms with Gasteiger partial charge in [0, 0.05) is 30.6 Å². The van der Waals surface area contributed by atoms with Crippen LogP contribution >= 0.6 is 0 Å². The average molecular weight is 362 g/mol. The molecule has 0 aliphatic carbocycles. The first-order valence-corrected chi connectivity index (χ1v) is 8.05. The van der Waals surface area contributed by atoms with Crippen molar-refractivity contribution < 1.29 is 23.1 Å². The Morgan fingerprint density at radius 1 is 1.15 bits per heavy atom. The second-order valence-corrected chi connectivity index (χ2v) is 5.86. The van der Waals surface area contributed by atoms with Crippen LogP contribution in [-0.2, 0) is 20.9 Å². The number of pyridine rings is 1. The maximum Gasteiger partial charge on any atom is 0.318 e. The van der Waals surface area contributed by atoms with Crippen molar-refractivity contribution in [1.82, 2.24) is 4.57 Å². The molecule has 2 aromatic rings. The monoisotopic (exact) mass is 362 g/mol. The molecule has 0 N–H and O–H groups in total. The number of ether oxygens (including phenoxy) is 1. The lowest BCUT2D eigenvalue weighted by atomic mass is 10.1. The Kier molecular flexibility index (Phi) is 5.11. The van der Waals surface area contributed by atoms with Gasteiger partial charge in [0.25, 0.3) is 5.56 Å². The molecule has 26 heavy (non-hydrogen) atoms. The molecule has 8 heteroatoms. The van der Waals surface area contributed by atoms with Crippen molar-refractivity contribution in [2.75, 3.05) is 18.1 Å². The summed E-state index contributed by atoms with van der Waals surface area (Å²) in [7, 11) is 0. The molecule has 6 nitrogen and oxygen atoms in total. The highest BCUT2D eigenvalue weighted by Gasteiger charge is 2.39. The summed E-state index contributed by atoms with van der Waals surface area (Å²) in [6, 6.07) is 7.46. The zero-order chi connectivity index (χ0) is 18.7. The minimum atomic E-state index is -1.02. The van der Waals surface area contributed by atoms with Gasteiger partial charge in [0.05, 0.1) is 6.54 Å². The summed E-state index contributed by atoms with van der Waals surface area (Å²) in [5.41, 5.74) is -0.154. The maximum atomic E-state index is 13.3. The van der Waals surface area contributed by atoms with Gasteiger partial charge in [-0.15, -0.1) is 0 Å². The van der Waals surface area contributed by atoms with Gasteiger partial charge in [0.2, 0.25) is 5.91 Å². The van der Waals surface area contributed by atoms with E-state index in [2.05, 4.69) is 0 Å². The summed E-state index contributed by atoms with van der Waals surface area (Å²) in [6.07, 6.45) is 1.76. The fraction of sp³-hybridized carbons (Fsp3) is 0.278. The molecule has 1 aliphatic rings. The van der Waals surface area contributed by atoms with Crippen molar-refractivity contribution >= 4 is 17.6 Å². The first kappa shape index (κ1) is 17.8. The van der Waals surface area contributed by atoms with Gasteiger partial charge in [-0.2, -0.15) is 0 Å². The standard InChI is InChI=1S/C18H16F2N2O4/c19-12-9-13(20)11-14(10-12)22-6-4-15(17(22)24)18(25)26-8-7-21-5-2-1-3-16(21)23/h1-3,5,9-11,15H,4,6-8H2. The number of aromatic nitrogens is 1. The van der Waals surface area contributed by atoms with Crippen LogP contribution in [0.25, 0.3) is 0 Å². The first-order valence-electron chi connectivity index (χ1n) is 8.05. The summed E-state index contributed by atoms with van der Waals surface area (Å²) >= 11 is 0. The molecule has 0 radical (unpaired) electrons. The van der Waals surface area contributed by atoms with Crippen molar-refractivity contribution in [3.05, 3.63) is 64.6 Å². The number of halogens is 2.